The third-order valence-corrected chi connectivity index (χ3v) is 5.84. The van der Waals surface area contributed by atoms with Gasteiger partial charge in [-0.25, -0.2) is 5.43 Å². The van der Waals surface area contributed by atoms with Gasteiger partial charge in [0.15, 0.2) is 0 Å². The second kappa shape index (κ2) is 11.0. The molecule has 174 valence electrons. The van der Waals surface area contributed by atoms with Crippen LogP contribution in [0.3, 0.4) is 0 Å². The molecule has 2 amide bonds. The molecule has 0 bridgehead atoms. The number of hydrogen-bond acceptors (Lipinski definition) is 3. The Morgan fingerprint density at radius 2 is 1.43 bits per heavy atom. The van der Waals surface area contributed by atoms with Crippen molar-refractivity contribution in [2.45, 2.75) is 6.92 Å². The summed E-state index contributed by atoms with van der Waals surface area (Å²) in [5.41, 5.74) is 7.41. The molecular weight excluding hydrogens is 481 g/mol. The molecule has 0 aromatic heterocycles. The van der Waals surface area contributed by atoms with Crippen LogP contribution in [0.25, 0.3) is 11.1 Å². The zero-order valence-corrected chi connectivity index (χ0v) is 20.3. The maximum Gasteiger partial charge on any atom is 0.271 e. The van der Waals surface area contributed by atoms with Gasteiger partial charge >= 0.3 is 0 Å². The van der Waals surface area contributed by atoms with Gasteiger partial charge in [0.05, 0.1) is 16.3 Å². The van der Waals surface area contributed by atoms with Gasteiger partial charge in [-0.05, 0) is 66.1 Å². The maximum absolute atomic E-state index is 12.6. The summed E-state index contributed by atoms with van der Waals surface area (Å²) >= 11 is 12.0. The molecule has 0 atom stereocenters. The van der Waals surface area contributed by atoms with Crippen LogP contribution < -0.4 is 10.7 Å². The first-order chi connectivity index (χ1) is 16.9. The van der Waals surface area contributed by atoms with Crippen LogP contribution in [0, 0.1) is 0 Å². The summed E-state index contributed by atoms with van der Waals surface area (Å²) in [6.07, 6.45) is 0. The van der Waals surface area contributed by atoms with Crippen LogP contribution in [0.2, 0.25) is 10.0 Å². The Morgan fingerprint density at radius 1 is 0.714 bits per heavy atom. The smallest absolute Gasteiger partial charge is 0.271 e. The fraction of sp³-hybridized carbons (Fsp3) is 0.0357. The van der Waals surface area contributed by atoms with Crippen molar-refractivity contribution in [2.24, 2.45) is 5.10 Å². The molecule has 0 aliphatic carbocycles. The molecule has 0 heterocycles. The average Bonchev–Trinajstić information content (AvgIpc) is 2.87. The molecule has 4 rings (SSSR count). The Bertz CT molecular complexity index is 1400. The summed E-state index contributed by atoms with van der Waals surface area (Å²) in [5, 5.41) is 7.76. The van der Waals surface area contributed by atoms with Crippen LogP contribution >= 0.6 is 23.2 Å². The number of carbonyl (C=O) groups excluding carboxylic acids is 2. The first-order valence-corrected chi connectivity index (χ1v) is 11.5. The van der Waals surface area contributed by atoms with E-state index in [-0.39, 0.29) is 16.8 Å². The third kappa shape index (κ3) is 6.15. The van der Waals surface area contributed by atoms with E-state index in [0.717, 1.165) is 16.7 Å². The van der Waals surface area contributed by atoms with Gasteiger partial charge < -0.3 is 5.32 Å². The lowest BCUT2D eigenvalue weighted by atomic mass is 10.0. The fourth-order valence-electron chi connectivity index (χ4n) is 3.40. The lowest BCUT2D eigenvalue weighted by Gasteiger charge is -2.09. The van der Waals surface area contributed by atoms with E-state index < -0.39 is 0 Å². The molecule has 0 saturated carbocycles. The van der Waals surface area contributed by atoms with Crippen LogP contribution in [-0.2, 0) is 0 Å². The Morgan fingerprint density at radius 3 is 2.14 bits per heavy atom. The van der Waals surface area contributed by atoms with Crippen molar-refractivity contribution < 1.29 is 9.59 Å². The molecule has 7 heteroatoms. The fourth-order valence-corrected chi connectivity index (χ4v) is 3.90. The van der Waals surface area contributed by atoms with E-state index in [1.165, 1.54) is 6.07 Å². The molecule has 0 saturated heterocycles. The van der Waals surface area contributed by atoms with E-state index in [2.05, 4.69) is 15.8 Å². The van der Waals surface area contributed by atoms with E-state index >= 15 is 0 Å². The average molecular weight is 502 g/mol. The standard InChI is InChI=1S/C28H21Cl2N3O2/c1-18(32-33-27(34)21-12-10-20(11-13-21)19-6-3-2-4-7-19)22-8-5-9-24(16-22)31-28(35)25-15-14-23(29)17-26(25)30/h2-17H,1H3,(H,31,35)(H,33,34). The number of amides is 2. The molecule has 0 unspecified atom stereocenters. The number of nitrogens with zero attached hydrogens (tertiary/aromatic N) is 1. The zero-order chi connectivity index (χ0) is 24.8. The van der Waals surface area contributed by atoms with E-state index in [4.69, 9.17) is 23.2 Å². The van der Waals surface area contributed by atoms with Gasteiger partial charge in [-0.15, -0.1) is 0 Å². The van der Waals surface area contributed by atoms with Crippen molar-refractivity contribution in [3.63, 3.8) is 0 Å². The normalized spacial score (nSPS) is 11.1. The van der Waals surface area contributed by atoms with Gasteiger partial charge in [-0.2, -0.15) is 5.10 Å². The first-order valence-electron chi connectivity index (χ1n) is 10.8. The number of halogens is 2. The highest BCUT2D eigenvalue weighted by atomic mass is 35.5. The number of anilines is 1. The third-order valence-electron chi connectivity index (χ3n) is 5.29. The van der Waals surface area contributed by atoms with Gasteiger partial charge in [0.25, 0.3) is 11.8 Å². The summed E-state index contributed by atoms with van der Waals surface area (Å²) in [7, 11) is 0. The molecule has 2 N–H and O–H groups in total. The summed E-state index contributed by atoms with van der Waals surface area (Å²) in [4.78, 5) is 25.1. The summed E-state index contributed by atoms with van der Waals surface area (Å²) < 4.78 is 0. The monoisotopic (exact) mass is 501 g/mol. The lowest BCUT2D eigenvalue weighted by molar-refractivity contribution is 0.0954. The minimum absolute atomic E-state index is 0.267. The van der Waals surface area contributed by atoms with E-state index in [0.29, 0.717) is 27.5 Å². The van der Waals surface area contributed by atoms with Crippen molar-refractivity contribution in [3.8, 4) is 11.1 Å². The molecule has 0 radical (unpaired) electrons. The van der Waals surface area contributed by atoms with E-state index in [9.17, 15) is 9.59 Å². The Kier molecular flexibility index (Phi) is 7.60. The Labute approximate surface area is 213 Å². The molecule has 0 fully saturated rings. The van der Waals surface area contributed by atoms with E-state index in [1.54, 1.807) is 49.4 Å². The van der Waals surface area contributed by atoms with Gasteiger partial charge in [0.2, 0.25) is 0 Å². The Hall–Kier alpha value is -3.93. The quantitative estimate of drug-likeness (QED) is 0.219. The van der Waals surface area contributed by atoms with Crippen molar-refractivity contribution in [2.75, 3.05) is 5.32 Å². The van der Waals surface area contributed by atoms with Crippen molar-refractivity contribution in [3.05, 3.63) is 124 Å². The van der Waals surface area contributed by atoms with E-state index in [1.807, 2.05) is 48.5 Å². The van der Waals surface area contributed by atoms with Crippen molar-refractivity contribution in [1.82, 2.24) is 5.43 Å². The molecule has 4 aromatic carbocycles. The predicted molar refractivity (Wildman–Crippen MR) is 142 cm³/mol. The highest BCUT2D eigenvalue weighted by molar-refractivity contribution is 6.37. The van der Waals surface area contributed by atoms with Crippen LogP contribution in [0.15, 0.2) is 102 Å². The molecule has 4 aromatic rings. The summed E-state index contributed by atoms with van der Waals surface area (Å²) in [6.45, 7) is 1.77. The first kappa shape index (κ1) is 24.2. The van der Waals surface area contributed by atoms with Gasteiger partial charge in [-0.1, -0.05) is 77.8 Å². The van der Waals surface area contributed by atoms with Crippen molar-refractivity contribution in [1.29, 1.82) is 0 Å². The molecule has 35 heavy (non-hydrogen) atoms. The number of hydrazone groups is 1. The lowest BCUT2D eigenvalue weighted by Crippen LogP contribution is -2.19. The highest BCUT2D eigenvalue weighted by Crippen LogP contribution is 2.23. The maximum atomic E-state index is 12.6. The van der Waals surface area contributed by atoms with Crippen LogP contribution in [0.4, 0.5) is 5.69 Å². The molecule has 5 nitrogen and oxygen atoms in total. The van der Waals surface area contributed by atoms with Gasteiger partial charge in [0.1, 0.15) is 0 Å². The number of hydrogen-bond donors (Lipinski definition) is 2. The van der Waals surface area contributed by atoms with Crippen LogP contribution in [0.5, 0.6) is 0 Å². The number of rotatable bonds is 6. The molecule has 0 aliphatic heterocycles. The van der Waals surface area contributed by atoms with Crippen LogP contribution in [0.1, 0.15) is 33.2 Å². The second-order valence-electron chi connectivity index (χ2n) is 7.74. The zero-order valence-electron chi connectivity index (χ0n) is 18.8. The van der Waals surface area contributed by atoms with Gasteiger partial charge in [-0.3, -0.25) is 9.59 Å². The minimum Gasteiger partial charge on any atom is -0.322 e. The minimum atomic E-state index is -0.356. The van der Waals surface area contributed by atoms with Gasteiger partial charge in [0, 0.05) is 16.3 Å². The topological polar surface area (TPSA) is 70.6 Å². The number of carbonyl (C=O) groups is 2. The van der Waals surface area contributed by atoms with Crippen molar-refractivity contribution >= 4 is 46.4 Å². The number of nitrogens with one attached hydrogen (secondary N) is 2. The largest absolute Gasteiger partial charge is 0.322 e. The highest BCUT2D eigenvalue weighted by Gasteiger charge is 2.12. The predicted octanol–water partition coefficient (Wildman–Crippen LogP) is 7.07. The van der Waals surface area contributed by atoms with Crippen LogP contribution in [-0.4, -0.2) is 17.5 Å². The molecule has 0 spiro atoms. The summed E-state index contributed by atoms with van der Waals surface area (Å²) in [6, 6.07) is 29.1. The number of benzene rings is 4. The summed E-state index contributed by atoms with van der Waals surface area (Å²) in [5.74, 6) is -0.670. The molecule has 0 aliphatic rings. The molecular formula is C28H21Cl2N3O2. The SMILES string of the molecule is CC(=NNC(=O)c1ccc(-c2ccccc2)cc1)c1cccc(NC(=O)c2ccc(Cl)cc2Cl)c1. The second-order valence-corrected chi connectivity index (χ2v) is 8.58. The Balaban J connectivity index is 1.42.